The van der Waals surface area contributed by atoms with Crippen molar-refractivity contribution in [3.05, 3.63) is 30.1 Å². The second kappa shape index (κ2) is 6.00. The van der Waals surface area contributed by atoms with Crippen LogP contribution >= 0.6 is 0 Å². The zero-order valence-corrected chi connectivity index (χ0v) is 11.2. The maximum atomic E-state index is 13.4. The van der Waals surface area contributed by atoms with Crippen LogP contribution < -0.4 is 5.32 Å². The number of likely N-dealkylation sites (tertiary alicyclic amines) is 1. The SMILES string of the molecule is CC1CCN(C(=O)C(=O)Nc2ccccc2F)CC1O. The van der Waals surface area contributed by atoms with Gasteiger partial charge in [-0.1, -0.05) is 19.1 Å². The zero-order valence-electron chi connectivity index (χ0n) is 11.2. The van der Waals surface area contributed by atoms with Crippen LogP contribution in [0.4, 0.5) is 10.1 Å². The van der Waals surface area contributed by atoms with Gasteiger partial charge in [0.15, 0.2) is 0 Å². The number of para-hydroxylation sites is 1. The van der Waals surface area contributed by atoms with Crippen LogP contribution in [-0.2, 0) is 9.59 Å². The van der Waals surface area contributed by atoms with E-state index in [9.17, 15) is 19.1 Å². The van der Waals surface area contributed by atoms with E-state index in [2.05, 4.69) is 5.32 Å². The van der Waals surface area contributed by atoms with Crippen molar-refractivity contribution in [1.82, 2.24) is 4.90 Å². The van der Waals surface area contributed by atoms with Crippen LogP contribution in [-0.4, -0.2) is 41.0 Å². The summed E-state index contributed by atoms with van der Waals surface area (Å²) in [5, 5.41) is 12.0. The lowest BCUT2D eigenvalue weighted by Crippen LogP contribution is -2.49. The first-order valence-electron chi connectivity index (χ1n) is 6.52. The number of rotatable bonds is 1. The van der Waals surface area contributed by atoms with Crippen molar-refractivity contribution in [3.8, 4) is 0 Å². The average Bonchev–Trinajstić information content (AvgIpc) is 2.43. The maximum Gasteiger partial charge on any atom is 0.313 e. The molecule has 2 rings (SSSR count). The third kappa shape index (κ3) is 3.14. The fourth-order valence-electron chi connectivity index (χ4n) is 2.12. The van der Waals surface area contributed by atoms with Crippen molar-refractivity contribution in [2.45, 2.75) is 19.4 Å². The van der Waals surface area contributed by atoms with Crippen molar-refractivity contribution in [2.75, 3.05) is 18.4 Å². The normalized spacial score (nSPS) is 22.4. The molecule has 1 aliphatic rings. The molecule has 0 radical (unpaired) electrons. The number of hydrogen-bond acceptors (Lipinski definition) is 3. The first-order valence-corrected chi connectivity index (χ1v) is 6.52. The number of β-amino-alcohol motifs (C(OH)–C–C–N with tert-alkyl or cyclic N) is 1. The van der Waals surface area contributed by atoms with E-state index in [1.54, 1.807) is 6.07 Å². The van der Waals surface area contributed by atoms with Crippen molar-refractivity contribution < 1.29 is 19.1 Å². The number of carbonyl (C=O) groups excluding carboxylic acids is 2. The minimum atomic E-state index is -0.892. The Balaban J connectivity index is 1.99. The highest BCUT2D eigenvalue weighted by Crippen LogP contribution is 2.18. The first-order chi connectivity index (χ1) is 9.49. The number of aliphatic hydroxyl groups excluding tert-OH is 1. The van der Waals surface area contributed by atoms with Crippen LogP contribution in [0.1, 0.15) is 13.3 Å². The van der Waals surface area contributed by atoms with Crippen molar-refractivity contribution in [1.29, 1.82) is 0 Å². The number of nitrogens with one attached hydrogen (secondary N) is 1. The minimum Gasteiger partial charge on any atom is -0.391 e. The van der Waals surface area contributed by atoms with Crippen molar-refractivity contribution in [3.63, 3.8) is 0 Å². The smallest absolute Gasteiger partial charge is 0.313 e. The fourth-order valence-corrected chi connectivity index (χ4v) is 2.12. The first kappa shape index (κ1) is 14.5. The highest BCUT2D eigenvalue weighted by atomic mass is 19.1. The Kier molecular flexibility index (Phi) is 4.34. The molecule has 5 nitrogen and oxygen atoms in total. The van der Waals surface area contributed by atoms with Crippen LogP contribution in [0.25, 0.3) is 0 Å². The predicted octanol–water partition coefficient (Wildman–Crippen LogP) is 0.993. The van der Waals surface area contributed by atoms with E-state index in [4.69, 9.17) is 0 Å². The summed E-state index contributed by atoms with van der Waals surface area (Å²) in [7, 11) is 0. The molecule has 0 bridgehead atoms. The predicted molar refractivity (Wildman–Crippen MR) is 71.4 cm³/mol. The molecule has 2 N–H and O–H groups in total. The van der Waals surface area contributed by atoms with E-state index < -0.39 is 23.7 Å². The van der Waals surface area contributed by atoms with Gasteiger partial charge in [0, 0.05) is 13.1 Å². The molecule has 1 aliphatic heterocycles. The molecule has 1 aromatic rings. The third-order valence-electron chi connectivity index (χ3n) is 3.52. The molecule has 108 valence electrons. The van der Waals surface area contributed by atoms with Gasteiger partial charge in [-0.25, -0.2) is 4.39 Å². The van der Waals surface area contributed by atoms with Gasteiger partial charge in [-0.2, -0.15) is 0 Å². The Morgan fingerprint density at radius 2 is 2.10 bits per heavy atom. The largest absolute Gasteiger partial charge is 0.391 e. The molecular formula is C14H17FN2O3. The molecule has 0 saturated carbocycles. The summed E-state index contributed by atoms with van der Waals surface area (Å²) in [6, 6.07) is 5.64. The van der Waals surface area contributed by atoms with Gasteiger partial charge in [0.2, 0.25) is 0 Å². The van der Waals surface area contributed by atoms with Crippen LogP contribution in [0.2, 0.25) is 0 Å². The van der Waals surface area contributed by atoms with Gasteiger partial charge >= 0.3 is 11.8 Å². The van der Waals surface area contributed by atoms with E-state index in [0.29, 0.717) is 13.0 Å². The molecule has 1 saturated heterocycles. The fraction of sp³-hybridized carbons (Fsp3) is 0.429. The van der Waals surface area contributed by atoms with E-state index in [0.717, 1.165) is 0 Å². The lowest BCUT2D eigenvalue weighted by Gasteiger charge is -2.33. The number of piperidine rings is 1. The number of hydrogen-bond donors (Lipinski definition) is 2. The summed E-state index contributed by atoms with van der Waals surface area (Å²) in [6.45, 7) is 2.44. The van der Waals surface area contributed by atoms with Gasteiger partial charge in [0.25, 0.3) is 0 Å². The van der Waals surface area contributed by atoms with Crippen LogP contribution in [0, 0.1) is 11.7 Å². The van der Waals surface area contributed by atoms with Gasteiger partial charge in [-0.05, 0) is 24.5 Å². The molecule has 2 amide bonds. The van der Waals surface area contributed by atoms with Gasteiger partial charge in [0.1, 0.15) is 5.82 Å². The molecule has 20 heavy (non-hydrogen) atoms. The monoisotopic (exact) mass is 280 g/mol. The summed E-state index contributed by atoms with van der Waals surface area (Å²) in [4.78, 5) is 25.0. The summed E-state index contributed by atoms with van der Waals surface area (Å²) in [5.41, 5.74) is -0.0308. The highest BCUT2D eigenvalue weighted by molar-refractivity contribution is 6.39. The van der Waals surface area contributed by atoms with Crippen molar-refractivity contribution in [2.24, 2.45) is 5.92 Å². The summed E-state index contributed by atoms with van der Waals surface area (Å²) in [6.07, 6.45) is 0.00818. The molecule has 6 heteroatoms. The van der Waals surface area contributed by atoms with Gasteiger partial charge < -0.3 is 15.3 Å². The second-order valence-corrected chi connectivity index (χ2v) is 5.02. The Bertz CT molecular complexity index is 521. The Labute approximate surface area is 116 Å². The molecule has 1 heterocycles. The van der Waals surface area contributed by atoms with Gasteiger partial charge in [0.05, 0.1) is 11.8 Å². The lowest BCUT2D eigenvalue weighted by molar-refractivity contribution is -0.146. The van der Waals surface area contributed by atoms with Crippen molar-refractivity contribution >= 4 is 17.5 Å². The number of amides is 2. The zero-order chi connectivity index (χ0) is 14.7. The Morgan fingerprint density at radius 3 is 2.75 bits per heavy atom. The number of carbonyl (C=O) groups is 2. The number of anilines is 1. The second-order valence-electron chi connectivity index (χ2n) is 5.02. The van der Waals surface area contributed by atoms with Gasteiger partial charge in [-0.15, -0.1) is 0 Å². The summed E-state index contributed by atoms with van der Waals surface area (Å²) < 4.78 is 13.4. The molecular weight excluding hydrogens is 263 g/mol. The summed E-state index contributed by atoms with van der Waals surface area (Å²) in [5.74, 6) is -2.13. The molecule has 2 unspecified atom stereocenters. The summed E-state index contributed by atoms with van der Waals surface area (Å²) >= 11 is 0. The standard InChI is InChI=1S/C14H17FN2O3/c1-9-6-7-17(8-12(9)18)14(20)13(19)16-11-5-3-2-4-10(11)15/h2-5,9,12,18H,6-8H2,1H3,(H,16,19). The third-order valence-corrected chi connectivity index (χ3v) is 3.52. The molecule has 2 atom stereocenters. The Morgan fingerprint density at radius 1 is 1.40 bits per heavy atom. The van der Waals surface area contributed by atoms with Gasteiger partial charge in [-0.3, -0.25) is 9.59 Å². The van der Waals surface area contributed by atoms with E-state index in [-0.39, 0.29) is 18.2 Å². The van der Waals surface area contributed by atoms with E-state index in [1.165, 1.54) is 23.1 Å². The van der Waals surface area contributed by atoms with Crippen LogP contribution in [0.3, 0.4) is 0 Å². The average molecular weight is 280 g/mol. The van der Waals surface area contributed by atoms with E-state index >= 15 is 0 Å². The molecule has 1 fully saturated rings. The quantitative estimate of drug-likeness (QED) is 0.754. The van der Waals surface area contributed by atoms with E-state index in [1.807, 2.05) is 6.92 Å². The lowest BCUT2D eigenvalue weighted by atomic mass is 9.96. The molecule has 0 aliphatic carbocycles. The molecule has 0 spiro atoms. The number of nitrogens with zero attached hydrogens (tertiary/aromatic N) is 1. The highest BCUT2D eigenvalue weighted by Gasteiger charge is 2.30. The van der Waals surface area contributed by atoms with Crippen LogP contribution in [0.5, 0.6) is 0 Å². The maximum absolute atomic E-state index is 13.4. The number of aliphatic hydroxyl groups is 1. The topological polar surface area (TPSA) is 69.6 Å². The minimum absolute atomic E-state index is 0.0308. The van der Waals surface area contributed by atoms with Crippen LogP contribution in [0.15, 0.2) is 24.3 Å². The molecule has 0 aromatic heterocycles. The Hall–Kier alpha value is -1.95. The number of halogens is 1. The number of benzene rings is 1. The molecule has 1 aromatic carbocycles.